The van der Waals surface area contributed by atoms with Crippen molar-refractivity contribution < 1.29 is 32.8 Å². The fraction of sp³-hybridized carbons (Fsp3) is 0.429. The molecule has 0 aliphatic carbocycles. The van der Waals surface area contributed by atoms with E-state index in [0.717, 1.165) is 27.5 Å². The Morgan fingerprint density at radius 2 is 1.46 bits per heavy atom. The Labute approximate surface area is 320 Å². The van der Waals surface area contributed by atoms with E-state index in [4.69, 9.17) is 14.8 Å². The fourth-order valence-corrected chi connectivity index (χ4v) is 8.57. The lowest BCUT2D eigenvalue weighted by atomic mass is 9.92. The highest BCUT2D eigenvalue weighted by Gasteiger charge is 2.35. The van der Waals surface area contributed by atoms with E-state index in [1.54, 1.807) is 12.2 Å². The van der Waals surface area contributed by atoms with Gasteiger partial charge in [-0.15, -0.1) is 13.2 Å². The lowest BCUT2D eigenvalue weighted by Crippen LogP contribution is -2.51. The maximum absolute atomic E-state index is 13.7. The molecule has 4 amide bonds. The van der Waals surface area contributed by atoms with Gasteiger partial charge in [0.1, 0.15) is 6.04 Å². The van der Waals surface area contributed by atoms with Gasteiger partial charge in [0.15, 0.2) is 0 Å². The molecule has 0 aliphatic heterocycles. The van der Waals surface area contributed by atoms with Crippen LogP contribution < -0.4 is 21.7 Å². The van der Waals surface area contributed by atoms with Gasteiger partial charge in [0.05, 0.1) is 30.3 Å². The summed E-state index contributed by atoms with van der Waals surface area (Å²) < 4.78 is 25.5. The van der Waals surface area contributed by atoms with E-state index in [2.05, 4.69) is 53.4 Å². The van der Waals surface area contributed by atoms with Gasteiger partial charge in [0.2, 0.25) is 23.6 Å². The first-order chi connectivity index (χ1) is 25.3. The van der Waals surface area contributed by atoms with Crippen molar-refractivity contribution >= 4 is 42.0 Å². The number of fused-ring (bicyclic) bond motifs is 1. The number of carbonyl (C=O) groups is 4. The molecule has 5 N–H and O–H groups in total. The number of benzene rings is 3. The van der Waals surface area contributed by atoms with Crippen molar-refractivity contribution in [3.8, 4) is 0 Å². The quantitative estimate of drug-likeness (QED) is 0.0722. The Hall–Kier alpha value is -4.57. The number of primary amides is 1. The summed E-state index contributed by atoms with van der Waals surface area (Å²) in [6, 6.07) is 20.3. The summed E-state index contributed by atoms with van der Waals surface area (Å²) in [6.07, 6.45) is 4.43. The minimum atomic E-state index is -3.50. The van der Waals surface area contributed by atoms with Crippen LogP contribution in [0.3, 0.4) is 0 Å². The molecule has 0 aromatic heterocycles. The van der Waals surface area contributed by atoms with Crippen LogP contribution in [0.25, 0.3) is 10.8 Å². The zero-order valence-corrected chi connectivity index (χ0v) is 33.4. The average Bonchev–Trinajstić information content (AvgIpc) is 3.07. The predicted molar refractivity (Wildman–Crippen MR) is 215 cm³/mol. The van der Waals surface area contributed by atoms with E-state index in [9.17, 15) is 23.7 Å². The van der Waals surface area contributed by atoms with Gasteiger partial charge in [-0.3, -0.25) is 23.7 Å². The van der Waals surface area contributed by atoms with Gasteiger partial charge in [0, 0.05) is 18.9 Å². The van der Waals surface area contributed by atoms with Crippen molar-refractivity contribution in [1.29, 1.82) is 0 Å². The third-order valence-electron chi connectivity index (χ3n) is 8.26. The molecule has 0 aliphatic rings. The molecule has 292 valence electrons. The third-order valence-corrected chi connectivity index (χ3v) is 10.7. The van der Waals surface area contributed by atoms with E-state index in [1.807, 2.05) is 84.0 Å². The van der Waals surface area contributed by atoms with E-state index >= 15 is 0 Å². The van der Waals surface area contributed by atoms with E-state index in [-0.39, 0.29) is 31.0 Å². The minimum Gasteiger partial charge on any atom is -0.370 e. The van der Waals surface area contributed by atoms with Crippen molar-refractivity contribution in [1.82, 2.24) is 16.0 Å². The molecule has 54 heavy (non-hydrogen) atoms. The van der Waals surface area contributed by atoms with Gasteiger partial charge in [-0.1, -0.05) is 78.9 Å². The molecule has 0 heterocycles. The van der Waals surface area contributed by atoms with Crippen LogP contribution in [0, 0.1) is 5.92 Å². The van der Waals surface area contributed by atoms with Crippen molar-refractivity contribution in [3.05, 3.63) is 109 Å². The molecule has 0 saturated heterocycles. The summed E-state index contributed by atoms with van der Waals surface area (Å²) in [7, 11) is -3.50. The molecular weight excluding hydrogens is 703 g/mol. The lowest BCUT2D eigenvalue weighted by molar-refractivity contribution is -0.131. The van der Waals surface area contributed by atoms with Crippen LogP contribution in [0.1, 0.15) is 83.4 Å². The normalized spacial score (nSPS) is 13.7. The first-order valence-electron chi connectivity index (χ1n) is 18.2. The molecule has 0 fully saturated rings. The Morgan fingerprint density at radius 1 is 0.833 bits per heavy atom. The molecule has 3 atom stereocenters. The number of allylic oxidation sites excluding steroid dienone is 2. The van der Waals surface area contributed by atoms with Gasteiger partial charge >= 0.3 is 7.60 Å². The molecule has 0 spiro atoms. The van der Waals surface area contributed by atoms with Gasteiger partial charge in [0.25, 0.3) is 0 Å². The first-order valence-corrected chi connectivity index (χ1v) is 19.9. The molecule has 3 aromatic carbocycles. The summed E-state index contributed by atoms with van der Waals surface area (Å²) in [5, 5.41) is 10.2. The molecule has 3 rings (SSSR count). The van der Waals surface area contributed by atoms with Crippen molar-refractivity contribution in [2.45, 2.75) is 96.5 Å². The number of amides is 4. The highest BCUT2D eigenvalue weighted by Crippen LogP contribution is 2.57. The average molecular weight is 761 g/mol. The maximum atomic E-state index is 13.7. The topological polar surface area (TPSA) is 166 Å². The van der Waals surface area contributed by atoms with Crippen LogP contribution in [-0.4, -0.2) is 54.0 Å². The van der Waals surface area contributed by atoms with Gasteiger partial charge in [-0.2, -0.15) is 0 Å². The first kappa shape index (κ1) is 43.8. The minimum absolute atomic E-state index is 0.00147. The smallest absolute Gasteiger partial charge is 0.336 e. The largest absolute Gasteiger partial charge is 0.370 e. The van der Waals surface area contributed by atoms with Crippen molar-refractivity contribution in [2.24, 2.45) is 11.7 Å². The maximum Gasteiger partial charge on any atom is 0.336 e. The Kier molecular flexibility index (Phi) is 16.0. The molecule has 0 unspecified atom stereocenters. The van der Waals surface area contributed by atoms with Crippen LogP contribution in [0.15, 0.2) is 92.0 Å². The summed E-state index contributed by atoms with van der Waals surface area (Å²) in [5.74, 6) is -2.75. The van der Waals surface area contributed by atoms with Crippen molar-refractivity contribution in [2.75, 3.05) is 13.1 Å². The van der Waals surface area contributed by atoms with Crippen LogP contribution in [0.5, 0.6) is 0 Å². The number of hydrogen-bond acceptors (Lipinski definition) is 7. The highest BCUT2D eigenvalue weighted by atomic mass is 31.2. The molecule has 0 saturated carbocycles. The van der Waals surface area contributed by atoms with E-state index in [1.165, 1.54) is 0 Å². The van der Waals surface area contributed by atoms with Gasteiger partial charge < -0.3 is 30.7 Å². The van der Waals surface area contributed by atoms with Crippen LogP contribution in [-0.2, 0) is 45.4 Å². The van der Waals surface area contributed by atoms with Crippen LogP contribution in [0.4, 0.5) is 0 Å². The third kappa shape index (κ3) is 15.0. The van der Waals surface area contributed by atoms with Gasteiger partial charge in [-0.25, -0.2) is 0 Å². The summed E-state index contributed by atoms with van der Waals surface area (Å²) in [4.78, 5) is 50.8. The molecule has 3 aromatic rings. The number of nitrogens with two attached hydrogens (primary N) is 1. The fourth-order valence-electron chi connectivity index (χ4n) is 6.08. The zero-order valence-electron chi connectivity index (χ0n) is 32.5. The zero-order chi connectivity index (χ0) is 40.1. The molecule has 0 bridgehead atoms. The number of rotatable bonds is 20. The Bertz CT molecular complexity index is 1800. The van der Waals surface area contributed by atoms with E-state index in [0.29, 0.717) is 12.8 Å². The standard InChI is InChI=1S/C42H57N4O7P/c1-9-14-30(23-34-17-13-16-33-15-11-12-18-35(33)34)26-45-40(50)36(25-37(43)47)46-39(49)27-44-38(48)24-31(10-2)32-21-19-29(20-22-32)28-54(51,52-41(3,4)5)53-42(6,7)8/h9-13,15-22,30-31,36H,1-2,14,23-28H2,3-8H3,(H2,43,47)(H,44,48)(H,45,50)(H,46,49)/t30-,31+,36-/m0/s1. The highest BCUT2D eigenvalue weighted by molar-refractivity contribution is 7.53. The van der Waals surface area contributed by atoms with Crippen molar-refractivity contribution in [3.63, 3.8) is 0 Å². The van der Waals surface area contributed by atoms with Crippen LogP contribution >= 0.6 is 7.60 Å². The summed E-state index contributed by atoms with van der Waals surface area (Å²) in [5.41, 5.74) is 6.74. The number of hydrogen-bond donors (Lipinski definition) is 4. The Morgan fingerprint density at radius 3 is 2.06 bits per heavy atom. The second-order valence-corrected chi connectivity index (χ2v) is 17.4. The number of carbonyl (C=O) groups excluding carboxylic acids is 4. The SMILES string of the molecule is C=CC[C@H](CNC(=O)[C@H](CC(N)=O)NC(=O)CNC(=O)C[C@@H](C=C)c1ccc(CP(=O)(OC(C)(C)C)OC(C)(C)C)cc1)Cc1cccc2ccccc12. The second kappa shape index (κ2) is 19.7. The number of nitrogens with one attached hydrogen (secondary N) is 3. The molecular formula is C42H57N4O7P. The van der Waals surface area contributed by atoms with Gasteiger partial charge in [-0.05, 0) is 87.8 Å². The molecule has 0 radical (unpaired) electrons. The monoisotopic (exact) mass is 760 g/mol. The Balaban J connectivity index is 1.56. The summed E-state index contributed by atoms with van der Waals surface area (Å²) >= 11 is 0. The lowest BCUT2D eigenvalue weighted by Gasteiger charge is -2.32. The molecule has 12 heteroatoms. The van der Waals surface area contributed by atoms with Crippen LogP contribution in [0.2, 0.25) is 0 Å². The second-order valence-electron chi connectivity index (χ2n) is 15.5. The molecule has 11 nitrogen and oxygen atoms in total. The predicted octanol–water partition coefficient (Wildman–Crippen LogP) is 6.85. The van der Waals surface area contributed by atoms with E-state index < -0.39 is 61.4 Å². The summed E-state index contributed by atoms with van der Waals surface area (Å²) in [6.45, 7) is 18.6.